The third-order valence-corrected chi connectivity index (χ3v) is 7.79. The van der Waals surface area contributed by atoms with Gasteiger partial charge in [0.25, 0.3) is 0 Å². The number of rotatable bonds is 4. The molecule has 1 aromatic carbocycles. The quantitative estimate of drug-likeness (QED) is 0.768. The summed E-state index contributed by atoms with van der Waals surface area (Å²) in [6.07, 6.45) is 1.97. The minimum Gasteiger partial charge on any atom is -0.341 e. The van der Waals surface area contributed by atoms with Crippen molar-refractivity contribution in [3.8, 4) is 0 Å². The van der Waals surface area contributed by atoms with Crippen molar-refractivity contribution in [2.45, 2.75) is 24.6 Å². The van der Waals surface area contributed by atoms with Gasteiger partial charge in [0, 0.05) is 28.9 Å². The van der Waals surface area contributed by atoms with Crippen molar-refractivity contribution in [3.05, 3.63) is 33.8 Å². The van der Waals surface area contributed by atoms with Crippen molar-refractivity contribution >= 4 is 50.9 Å². The number of thioether (sulfide) groups is 1. The van der Waals surface area contributed by atoms with Crippen LogP contribution in [0.5, 0.6) is 0 Å². The molecule has 2 aliphatic heterocycles. The zero-order valence-electron chi connectivity index (χ0n) is 13.0. The average molecular weight is 409 g/mol. The Bertz CT molecular complexity index is 736. The topological polar surface area (TPSA) is 57.7 Å². The molecule has 2 heterocycles. The first-order valence-corrected chi connectivity index (χ1v) is 11.2. The number of halogens is 2. The molecule has 1 unspecified atom stereocenters. The first-order chi connectivity index (χ1) is 11.4. The van der Waals surface area contributed by atoms with E-state index in [2.05, 4.69) is 0 Å². The second-order valence-corrected chi connectivity index (χ2v) is 9.69. The molecule has 2 fully saturated rings. The monoisotopic (exact) mass is 408 g/mol. The van der Waals surface area contributed by atoms with Gasteiger partial charge in [-0.3, -0.25) is 4.79 Å². The van der Waals surface area contributed by atoms with Gasteiger partial charge in [0.05, 0.1) is 11.6 Å². The number of carbonyl (C=O) groups is 1. The van der Waals surface area contributed by atoms with Gasteiger partial charge in [-0.1, -0.05) is 29.3 Å². The fraction of sp³-hybridized carbons (Fsp3) is 0.533. The number of carbonyl (C=O) groups excluding carboxylic acids is 1. The molecule has 1 aromatic rings. The maximum atomic E-state index is 12.8. The normalized spacial score (nSPS) is 22.2. The number of hydrogen-bond acceptors (Lipinski definition) is 4. The van der Waals surface area contributed by atoms with E-state index in [1.165, 1.54) is 22.1 Å². The summed E-state index contributed by atoms with van der Waals surface area (Å²) in [5, 5.41) is 0.778. The van der Waals surface area contributed by atoms with Crippen LogP contribution in [0.4, 0.5) is 0 Å². The largest absolute Gasteiger partial charge is 0.341 e. The lowest BCUT2D eigenvalue weighted by molar-refractivity contribution is -0.133. The predicted molar refractivity (Wildman–Crippen MR) is 97.9 cm³/mol. The van der Waals surface area contributed by atoms with Gasteiger partial charge in [0.15, 0.2) is 0 Å². The summed E-state index contributed by atoms with van der Waals surface area (Å²) in [4.78, 5) is 14.4. The molecule has 132 valence electrons. The Hall–Kier alpha value is -0.470. The molecule has 0 aliphatic carbocycles. The molecular formula is C15H18Cl2N2O3S2. The Balaban J connectivity index is 1.78. The fourth-order valence-corrected chi connectivity index (χ4v) is 6.85. The van der Waals surface area contributed by atoms with Gasteiger partial charge in [-0.05, 0) is 30.5 Å². The van der Waals surface area contributed by atoms with E-state index in [1.807, 2.05) is 0 Å². The van der Waals surface area contributed by atoms with Gasteiger partial charge in [0.2, 0.25) is 15.9 Å². The summed E-state index contributed by atoms with van der Waals surface area (Å²) in [6.45, 7) is 1.44. The van der Waals surface area contributed by atoms with Gasteiger partial charge in [-0.15, -0.1) is 11.8 Å². The Morgan fingerprint density at radius 2 is 1.96 bits per heavy atom. The Morgan fingerprint density at radius 1 is 1.25 bits per heavy atom. The molecule has 2 saturated heterocycles. The Morgan fingerprint density at radius 3 is 2.62 bits per heavy atom. The van der Waals surface area contributed by atoms with Crippen LogP contribution in [0.25, 0.3) is 0 Å². The number of sulfonamides is 1. The number of likely N-dealkylation sites (tertiary alicyclic amines) is 1. The lowest BCUT2D eigenvalue weighted by Gasteiger charge is -2.26. The van der Waals surface area contributed by atoms with Gasteiger partial charge < -0.3 is 4.90 Å². The SMILES string of the molecule is O=C(C1CSCN1S(=O)(=O)Cc1ccc(Cl)cc1Cl)N1CCCC1. The van der Waals surface area contributed by atoms with Crippen LogP contribution in [-0.2, 0) is 20.6 Å². The lowest BCUT2D eigenvalue weighted by Crippen LogP contribution is -2.48. The third kappa shape index (κ3) is 3.85. The average Bonchev–Trinajstić information content (AvgIpc) is 3.20. The zero-order chi connectivity index (χ0) is 17.3. The van der Waals surface area contributed by atoms with E-state index in [0.717, 1.165) is 25.9 Å². The van der Waals surface area contributed by atoms with Gasteiger partial charge in [-0.2, -0.15) is 4.31 Å². The third-order valence-electron chi connectivity index (χ3n) is 4.25. The highest BCUT2D eigenvalue weighted by Gasteiger charge is 2.41. The molecular weight excluding hydrogens is 391 g/mol. The maximum absolute atomic E-state index is 12.8. The van der Waals surface area contributed by atoms with E-state index < -0.39 is 16.1 Å². The minimum absolute atomic E-state index is 0.0803. The van der Waals surface area contributed by atoms with E-state index in [1.54, 1.807) is 17.0 Å². The molecule has 3 rings (SSSR count). The van der Waals surface area contributed by atoms with Crippen LogP contribution in [0.2, 0.25) is 10.0 Å². The van der Waals surface area contributed by atoms with E-state index in [9.17, 15) is 13.2 Å². The molecule has 9 heteroatoms. The highest BCUT2D eigenvalue weighted by atomic mass is 35.5. The van der Waals surface area contributed by atoms with E-state index in [-0.39, 0.29) is 11.7 Å². The summed E-state index contributed by atoms with van der Waals surface area (Å²) in [7, 11) is -3.63. The standard InChI is InChI=1S/C15H18Cl2N2O3S2/c16-12-4-3-11(13(17)7-12)9-24(21,22)19-10-23-8-14(19)15(20)18-5-1-2-6-18/h3-4,7,14H,1-2,5-6,8-10H2. The number of nitrogens with zero attached hydrogens (tertiary/aromatic N) is 2. The maximum Gasteiger partial charge on any atom is 0.241 e. The highest BCUT2D eigenvalue weighted by Crippen LogP contribution is 2.30. The summed E-state index contributed by atoms with van der Waals surface area (Å²) in [5.41, 5.74) is 0.491. The van der Waals surface area contributed by atoms with Crippen LogP contribution < -0.4 is 0 Å². The van der Waals surface area contributed by atoms with Gasteiger partial charge in [-0.25, -0.2) is 8.42 Å². The Kier molecular flexibility index (Phi) is 5.66. The number of amides is 1. The van der Waals surface area contributed by atoms with Crippen molar-refractivity contribution in [3.63, 3.8) is 0 Å². The van der Waals surface area contributed by atoms with Crippen molar-refractivity contribution in [1.82, 2.24) is 9.21 Å². The zero-order valence-corrected chi connectivity index (χ0v) is 16.1. The first kappa shape index (κ1) is 18.3. The molecule has 0 aromatic heterocycles. The molecule has 0 bridgehead atoms. The van der Waals surface area contributed by atoms with Gasteiger partial charge >= 0.3 is 0 Å². The molecule has 5 nitrogen and oxygen atoms in total. The molecule has 0 radical (unpaired) electrons. The summed E-state index contributed by atoms with van der Waals surface area (Å²) in [5.74, 6) is 0.497. The molecule has 24 heavy (non-hydrogen) atoms. The number of benzene rings is 1. The summed E-state index contributed by atoms with van der Waals surface area (Å²) < 4.78 is 27.0. The second kappa shape index (κ2) is 7.41. The van der Waals surface area contributed by atoms with Crippen LogP contribution >= 0.6 is 35.0 Å². The molecule has 0 spiro atoms. The van der Waals surface area contributed by atoms with Crippen LogP contribution in [0.3, 0.4) is 0 Å². The van der Waals surface area contributed by atoms with Crippen molar-refractivity contribution in [2.24, 2.45) is 0 Å². The molecule has 1 amide bonds. The van der Waals surface area contributed by atoms with Crippen LogP contribution in [0.1, 0.15) is 18.4 Å². The van der Waals surface area contributed by atoms with Crippen molar-refractivity contribution in [1.29, 1.82) is 0 Å². The lowest BCUT2D eigenvalue weighted by atomic mass is 10.2. The van der Waals surface area contributed by atoms with Crippen molar-refractivity contribution < 1.29 is 13.2 Å². The van der Waals surface area contributed by atoms with Crippen LogP contribution in [0.15, 0.2) is 18.2 Å². The highest BCUT2D eigenvalue weighted by molar-refractivity contribution is 8.00. The molecule has 0 saturated carbocycles. The van der Waals surface area contributed by atoms with E-state index in [0.29, 0.717) is 27.2 Å². The molecule has 2 aliphatic rings. The smallest absolute Gasteiger partial charge is 0.241 e. The van der Waals surface area contributed by atoms with Crippen LogP contribution in [-0.4, -0.2) is 54.3 Å². The summed E-state index contributed by atoms with van der Waals surface area (Å²) >= 11 is 13.4. The van der Waals surface area contributed by atoms with E-state index in [4.69, 9.17) is 23.2 Å². The van der Waals surface area contributed by atoms with Crippen molar-refractivity contribution in [2.75, 3.05) is 24.7 Å². The molecule has 1 atom stereocenters. The first-order valence-electron chi connectivity index (χ1n) is 7.68. The second-order valence-electron chi connectivity index (χ2n) is 5.93. The van der Waals surface area contributed by atoms with E-state index >= 15 is 0 Å². The fourth-order valence-electron chi connectivity index (χ4n) is 2.96. The van der Waals surface area contributed by atoms with Crippen LogP contribution in [0, 0.1) is 0 Å². The Labute approximate surface area is 156 Å². The number of hydrogen-bond donors (Lipinski definition) is 0. The van der Waals surface area contributed by atoms with Gasteiger partial charge in [0.1, 0.15) is 6.04 Å². The summed E-state index contributed by atoms with van der Waals surface area (Å²) in [6, 6.07) is 4.15. The predicted octanol–water partition coefficient (Wildman–Crippen LogP) is 2.82. The molecule has 0 N–H and O–H groups in total. The minimum atomic E-state index is -3.63.